The van der Waals surface area contributed by atoms with Gasteiger partial charge in [0.2, 0.25) is 5.91 Å². The lowest BCUT2D eigenvalue weighted by Gasteiger charge is -2.54. The molecule has 1 aromatic carbocycles. The lowest BCUT2D eigenvalue weighted by atomic mass is 9.57. The van der Waals surface area contributed by atoms with Gasteiger partial charge >= 0.3 is 6.03 Å². The van der Waals surface area contributed by atoms with Crippen LogP contribution < -0.4 is 15.5 Å². The molecule has 1 aliphatic carbocycles. The van der Waals surface area contributed by atoms with Crippen LogP contribution in [0.2, 0.25) is 0 Å². The van der Waals surface area contributed by atoms with Gasteiger partial charge in [0.05, 0.1) is 0 Å². The molecule has 1 aromatic rings. The minimum absolute atomic E-state index is 0.193. The van der Waals surface area contributed by atoms with Crippen LogP contribution >= 0.6 is 0 Å². The van der Waals surface area contributed by atoms with E-state index in [2.05, 4.69) is 22.8 Å². The van der Waals surface area contributed by atoms with E-state index in [1.807, 2.05) is 26.0 Å². The van der Waals surface area contributed by atoms with Crippen molar-refractivity contribution < 1.29 is 9.59 Å². The Morgan fingerprint density at radius 2 is 1.74 bits per heavy atom. The zero-order valence-corrected chi connectivity index (χ0v) is 13.9. The topological polar surface area (TPSA) is 61.4 Å². The molecule has 5 heteroatoms. The second kappa shape index (κ2) is 6.32. The number of carbonyl (C=O) groups is 2. The number of rotatable bonds is 2. The van der Waals surface area contributed by atoms with Crippen molar-refractivity contribution in [2.45, 2.75) is 39.0 Å². The van der Waals surface area contributed by atoms with E-state index >= 15 is 0 Å². The van der Waals surface area contributed by atoms with Crippen LogP contribution in [0.25, 0.3) is 0 Å². The first-order chi connectivity index (χ1) is 11.2. The van der Waals surface area contributed by atoms with Crippen molar-refractivity contribution in [1.29, 1.82) is 0 Å². The van der Waals surface area contributed by atoms with E-state index in [0.29, 0.717) is 24.3 Å². The molecule has 0 bridgehead atoms. The molecule has 2 N–H and O–H groups in total. The third-order valence-corrected chi connectivity index (χ3v) is 5.09. The predicted octanol–water partition coefficient (Wildman–Crippen LogP) is 2.63. The van der Waals surface area contributed by atoms with Crippen molar-refractivity contribution in [3.63, 3.8) is 0 Å². The summed E-state index contributed by atoms with van der Waals surface area (Å²) in [7, 11) is 0. The van der Waals surface area contributed by atoms with Crippen molar-refractivity contribution in [3.8, 4) is 0 Å². The standard InChI is InChI=1S/C16H19N3O2.C2H6/c20-14-5-6-19(15(21)18-14)13-3-1-11(2-4-13)12-7-16(8-12)9-17-10-16;1-2/h1-4,12,17H,5-10H2,(H,18,20,21);1-2H3. The fourth-order valence-corrected chi connectivity index (χ4v) is 3.73. The molecule has 5 nitrogen and oxygen atoms in total. The molecule has 124 valence electrons. The van der Waals surface area contributed by atoms with Gasteiger partial charge in [-0.15, -0.1) is 0 Å². The number of amides is 3. The highest BCUT2D eigenvalue weighted by Crippen LogP contribution is 2.53. The van der Waals surface area contributed by atoms with Gasteiger partial charge in [0.15, 0.2) is 0 Å². The van der Waals surface area contributed by atoms with Crippen LogP contribution in [0, 0.1) is 5.41 Å². The molecule has 2 saturated heterocycles. The average Bonchev–Trinajstić information content (AvgIpc) is 2.47. The Hall–Kier alpha value is -1.88. The largest absolute Gasteiger partial charge is 0.328 e. The Morgan fingerprint density at radius 3 is 2.26 bits per heavy atom. The van der Waals surface area contributed by atoms with Crippen molar-refractivity contribution in [1.82, 2.24) is 10.6 Å². The van der Waals surface area contributed by atoms with Gasteiger partial charge in [0.25, 0.3) is 0 Å². The van der Waals surface area contributed by atoms with Crippen molar-refractivity contribution >= 4 is 17.6 Å². The quantitative estimate of drug-likeness (QED) is 0.882. The van der Waals surface area contributed by atoms with Crippen LogP contribution in [-0.2, 0) is 4.79 Å². The number of nitrogens with one attached hydrogen (secondary N) is 2. The molecule has 0 unspecified atom stereocenters. The highest BCUT2D eigenvalue weighted by atomic mass is 16.2. The summed E-state index contributed by atoms with van der Waals surface area (Å²) in [4.78, 5) is 24.6. The van der Waals surface area contributed by atoms with E-state index in [1.165, 1.54) is 31.5 Å². The van der Waals surface area contributed by atoms with E-state index in [9.17, 15) is 9.59 Å². The van der Waals surface area contributed by atoms with Gasteiger partial charge in [-0.1, -0.05) is 26.0 Å². The molecule has 0 atom stereocenters. The first-order valence-corrected chi connectivity index (χ1v) is 8.57. The minimum Gasteiger partial charge on any atom is -0.316 e. The lowest BCUT2D eigenvalue weighted by molar-refractivity contribution is -0.120. The highest BCUT2D eigenvalue weighted by Gasteiger charge is 2.48. The Morgan fingerprint density at radius 1 is 1.09 bits per heavy atom. The molecule has 3 fully saturated rings. The minimum atomic E-state index is -0.317. The number of carbonyl (C=O) groups excluding carboxylic acids is 2. The molecular formula is C18H25N3O2. The third-order valence-electron chi connectivity index (χ3n) is 5.09. The fraction of sp³-hybridized carbons (Fsp3) is 0.556. The molecule has 2 heterocycles. The molecular weight excluding hydrogens is 290 g/mol. The first kappa shape index (κ1) is 16.0. The molecule has 3 amide bonds. The summed E-state index contributed by atoms with van der Waals surface area (Å²) in [5, 5.41) is 5.71. The molecule has 1 saturated carbocycles. The van der Waals surface area contributed by atoms with Crippen LogP contribution in [0.1, 0.15) is 44.6 Å². The van der Waals surface area contributed by atoms with Gasteiger partial charge in [-0.25, -0.2) is 4.79 Å². The zero-order valence-electron chi connectivity index (χ0n) is 13.9. The van der Waals surface area contributed by atoms with Gasteiger partial charge in [-0.2, -0.15) is 0 Å². The van der Waals surface area contributed by atoms with Gasteiger partial charge in [0, 0.05) is 31.7 Å². The molecule has 23 heavy (non-hydrogen) atoms. The summed E-state index contributed by atoms with van der Waals surface area (Å²) in [6.07, 6.45) is 2.92. The Kier molecular flexibility index (Phi) is 4.39. The van der Waals surface area contributed by atoms with E-state index in [4.69, 9.17) is 0 Å². The molecule has 1 spiro atoms. The van der Waals surface area contributed by atoms with E-state index in [0.717, 1.165) is 5.69 Å². The van der Waals surface area contributed by atoms with Crippen LogP contribution in [-0.4, -0.2) is 31.6 Å². The maximum absolute atomic E-state index is 11.8. The Bertz CT molecular complexity index is 585. The number of imide groups is 1. The Labute approximate surface area is 137 Å². The highest BCUT2D eigenvalue weighted by molar-refractivity contribution is 6.05. The zero-order chi connectivity index (χ0) is 16.4. The van der Waals surface area contributed by atoms with E-state index < -0.39 is 0 Å². The third kappa shape index (κ3) is 2.98. The number of benzene rings is 1. The van der Waals surface area contributed by atoms with Gasteiger partial charge < -0.3 is 5.32 Å². The summed E-state index contributed by atoms with van der Waals surface area (Å²) < 4.78 is 0. The van der Waals surface area contributed by atoms with Crippen LogP contribution in [0.15, 0.2) is 24.3 Å². The summed E-state index contributed by atoms with van der Waals surface area (Å²) in [5.74, 6) is 0.472. The second-order valence-electron chi connectivity index (χ2n) is 6.56. The molecule has 2 aliphatic heterocycles. The van der Waals surface area contributed by atoms with Gasteiger partial charge in [-0.05, 0) is 41.9 Å². The fourth-order valence-electron chi connectivity index (χ4n) is 3.73. The van der Waals surface area contributed by atoms with E-state index in [-0.39, 0.29) is 11.9 Å². The SMILES string of the molecule is CC.O=C1CCN(c2ccc(C3CC4(CNC4)C3)cc2)C(=O)N1. The lowest BCUT2D eigenvalue weighted by Crippen LogP contribution is -2.59. The number of hydrogen-bond acceptors (Lipinski definition) is 3. The molecule has 3 aliphatic rings. The summed E-state index contributed by atoms with van der Waals surface area (Å²) in [5.41, 5.74) is 2.81. The number of nitrogens with zero attached hydrogens (tertiary/aromatic N) is 1. The summed E-state index contributed by atoms with van der Waals surface area (Å²) >= 11 is 0. The van der Waals surface area contributed by atoms with Gasteiger partial charge in [-0.3, -0.25) is 15.0 Å². The van der Waals surface area contributed by atoms with Crippen molar-refractivity contribution in [2.75, 3.05) is 24.5 Å². The monoisotopic (exact) mass is 315 g/mol. The number of anilines is 1. The average molecular weight is 315 g/mol. The second-order valence-corrected chi connectivity index (χ2v) is 6.56. The van der Waals surface area contributed by atoms with Crippen LogP contribution in [0.4, 0.5) is 10.5 Å². The normalized spacial score (nSPS) is 22.6. The van der Waals surface area contributed by atoms with Crippen LogP contribution in [0.5, 0.6) is 0 Å². The van der Waals surface area contributed by atoms with Gasteiger partial charge in [0.1, 0.15) is 0 Å². The predicted molar refractivity (Wildman–Crippen MR) is 90.6 cm³/mol. The van der Waals surface area contributed by atoms with Crippen molar-refractivity contribution in [2.24, 2.45) is 5.41 Å². The summed E-state index contributed by atoms with van der Waals surface area (Å²) in [6, 6.07) is 7.93. The summed E-state index contributed by atoms with van der Waals surface area (Å²) in [6.45, 7) is 6.80. The number of hydrogen-bond donors (Lipinski definition) is 2. The maximum Gasteiger partial charge on any atom is 0.328 e. The number of urea groups is 1. The smallest absolute Gasteiger partial charge is 0.316 e. The Balaban J connectivity index is 0.000000753. The maximum atomic E-state index is 11.8. The van der Waals surface area contributed by atoms with E-state index in [1.54, 1.807) is 4.90 Å². The van der Waals surface area contributed by atoms with Crippen molar-refractivity contribution in [3.05, 3.63) is 29.8 Å². The molecule has 0 radical (unpaired) electrons. The molecule has 4 rings (SSSR count). The molecule has 0 aromatic heterocycles. The first-order valence-electron chi connectivity index (χ1n) is 8.57. The van der Waals surface area contributed by atoms with Crippen LogP contribution in [0.3, 0.4) is 0 Å².